The summed E-state index contributed by atoms with van der Waals surface area (Å²) in [5.41, 5.74) is 1.53. The van der Waals surface area contributed by atoms with Crippen LogP contribution in [0.1, 0.15) is 11.1 Å². The number of carbonyl (C=O) groups excluding carboxylic acids is 1. The quantitative estimate of drug-likeness (QED) is 0.663. The molecule has 8 heteroatoms. The minimum atomic E-state index is -0.483. The SMILES string of the molecule is Cc1c(NC(=O)NCc2cccc3c2OCO3)cccc1[N+](=O)[O-]. The van der Waals surface area contributed by atoms with Crippen molar-refractivity contribution in [3.63, 3.8) is 0 Å². The van der Waals surface area contributed by atoms with E-state index in [1.807, 2.05) is 12.1 Å². The monoisotopic (exact) mass is 329 g/mol. The van der Waals surface area contributed by atoms with Crippen LogP contribution in [0.25, 0.3) is 0 Å². The van der Waals surface area contributed by atoms with Crippen LogP contribution in [0.3, 0.4) is 0 Å². The molecule has 0 saturated carbocycles. The molecule has 1 aliphatic rings. The van der Waals surface area contributed by atoms with Crippen LogP contribution in [-0.2, 0) is 6.54 Å². The molecule has 24 heavy (non-hydrogen) atoms. The fourth-order valence-corrected chi connectivity index (χ4v) is 2.43. The molecule has 0 unspecified atom stereocenters. The van der Waals surface area contributed by atoms with Crippen LogP contribution in [0.4, 0.5) is 16.2 Å². The van der Waals surface area contributed by atoms with E-state index in [1.165, 1.54) is 12.1 Å². The molecule has 0 bridgehead atoms. The van der Waals surface area contributed by atoms with Crippen molar-refractivity contribution in [2.24, 2.45) is 0 Å². The summed E-state index contributed by atoms with van der Waals surface area (Å²) in [6.45, 7) is 1.99. The van der Waals surface area contributed by atoms with E-state index in [9.17, 15) is 14.9 Å². The number of para-hydroxylation sites is 1. The van der Waals surface area contributed by atoms with E-state index >= 15 is 0 Å². The number of urea groups is 1. The minimum Gasteiger partial charge on any atom is -0.454 e. The Kier molecular flexibility index (Phi) is 4.19. The number of carbonyl (C=O) groups is 1. The van der Waals surface area contributed by atoms with Gasteiger partial charge in [0.05, 0.1) is 16.2 Å². The summed E-state index contributed by atoms with van der Waals surface area (Å²) >= 11 is 0. The maximum atomic E-state index is 12.1. The highest BCUT2D eigenvalue weighted by Crippen LogP contribution is 2.35. The third-order valence-electron chi connectivity index (χ3n) is 3.67. The molecule has 0 atom stereocenters. The van der Waals surface area contributed by atoms with Crippen LogP contribution in [-0.4, -0.2) is 17.7 Å². The summed E-state index contributed by atoms with van der Waals surface area (Å²) in [7, 11) is 0. The van der Waals surface area contributed by atoms with E-state index < -0.39 is 11.0 Å². The number of nitro groups is 1. The lowest BCUT2D eigenvalue weighted by Crippen LogP contribution is -2.28. The van der Waals surface area contributed by atoms with Crippen LogP contribution in [0.2, 0.25) is 0 Å². The summed E-state index contributed by atoms with van der Waals surface area (Å²) in [5, 5.41) is 16.2. The second-order valence-electron chi connectivity index (χ2n) is 5.17. The zero-order valence-corrected chi connectivity index (χ0v) is 12.9. The number of nitro benzene ring substituents is 1. The molecule has 1 aliphatic heterocycles. The molecule has 0 radical (unpaired) electrons. The Hall–Kier alpha value is -3.29. The van der Waals surface area contributed by atoms with Crippen LogP contribution in [0.15, 0.2) is 36.4 Å². The van der Waals surface area contributed by atoms with Crippen molar-refractivity contribution in [2.75, 3.05) is 12.1 Å². The highest BCUT2D eigenvalue weighted by molar-refractivity contribution is 5.90. The number of nitrogens with zero attached hydrogens (tertiary/aromatic N) is 1. The first-order valence-electron chi connectivity index (χ1n) is 7.22. The predicted octanol–water partition coefficient (Wildman–Crippen LogP) is 2.95. The van der Waals surface area contributed by atoms with E-state index in [0.717, 1.165) is 5.56 Å². The first-order valence-corrected chi connectivity index (χ1v) is 7.22. The fourth-order valence-electron chi connectivity index (χ4n) is 2.43. The number of fused-ring (bicyclic) bond motifs is 1. The highest BCUT2D eigenvalue weighted by atomic mass is 16.7. The zero-order valence-electron chi connectivity index (χ0n) is 12.9. The molecular weight excluding hydrogens is 314 g/mol. The van der Waals surface area contributed by atoms with Gasteiger partial charge in [0, 0.05) is 18.2 Å². The third kappa shape index (κ3) is 3.07. The third-order valence-corrected chi connectivity index (χ3v) is 3.67. The van der Waals surface area contributed by atoms with Gasteiger partial charge in [-0.2, -0.15) is 0 Å². The number of amides is 2. The number of hydrogen-bond acceptors (Lipinski definition) is 5. The Morgan fingerprint density at radius 1 is 1.25 bits per heavy atom. The van der Waals surface area contributed by atoms with Gasteiger partial charge in [0.1, 0.15) is 0 Å². The van der Waals surface area contributed by atoms with Crippen LogP contribution in [0, 0.1) is 17.0 Å². The molecule has 0 aromatic heterocycles. The van der Waals surface area contributed by atoms with Crippen molar-refractivity contribution in [2.45, 2.75) is 13.5 Å². The van der Waals surface area contributed by atoms with Crippen molar-refractivity contribution < 1.29 is 19.2 Å². The van der Waals surface area contributed by atoms with Crippen LogP contribution < -0.4 is 20.1 Å². The number of ether oxygens (including phenoxy) is 2. The normalized spacial score (nSPS) is 11.9. The van der Waals surface area contributed by atoms with E-state index in [1.54, 1.807) is 19.1 Å². The van der Waals surface area contributed by atoms with E-state index in [4.69, 9.17) is 9.47 Å². The standard InChI is InChI=1S/C16H15N3O5/c1-10-12(5-3-6-13(10)19(21)22)18-16(20)17-8-11-4-2-7-14-15(11)24-9-23-14/h2-7H,8-9H2,1H3,(H2,17,18,20). The average Bonchev–Trinajstić information content (AvgIpc) is 3.03. The van der Waals surface area contributed by atoms with Gasteiger partial charge in [-0.1, -0.05) is 18.2 Å². The molecule has 2 aromatic carbocycles. The van der Waals surface area contributed by atoms with Crippen molar-refractivity contribution in [1.82, 2.24) is 5.32 Å². The Labute approximate surface area is 137 Å². The molecule has 2 N–H and O–H groups in total. The smallest absolute Gasteiger partial charge is 0.319 e. The maximum absolute atomic E-state index is 12.1. The lowest BCUT2D eigenvalue weighted by atomic mass is 10.1. The van der Waals surface area contributed by atoms with E-state index in [0.29, 0.717) is 22.7 Å². The Morgan fingerprint density at radius 2 is 2.04 bits per heavy atom. The van der Waals surface area contributed by atoms with Gasteiger partial charge in [0.25, 0.3) is 5.69 Å². The van der Waals surface area contributed by atoms with Gasteiger partial charge in [0.2, 0.25) is 6.79 Å². The molecule has 2 amide bonds. The summed E-state index contributed by atoms with van der Waals surface area (Å²) < 4.78 is 10.7. The van der Waals surface area contributed by atoms with Gasteiger partial charge in [-0.05, 0) is 19.1 Å². The zero-order chi connectivity index (χ0) is 17.1. The van der Waals surface area contributed by atoms with Crippen molar-refractivity contribution >= 4 is 17.4 Å². The van der Waals surface area contributed by atoms with Crippen molar-refractivity contribution in [1.29, 1.82) is 0 Å². The van der Waals surface area contributed by atoms with Crippen LogP contribution >= 0.6 is 0 Å². The first kappa shape index (κ1) is 15.6. The molecule has 1 heterocycles. The molecular formula is C16H15N3O5. The van der Waals surface area contributed by atoms with Gasteiger partial charge in [-0.3, -0.25) is 10.1 Å². The van der Waals surface area contributed by atoms with Gasteiger partial charge in [-0.25, -0.2) is 4.79 Å². The second kappa shape index (κ2) is 6.45. The molecule has 0 fully saturated rings. The van der Waals surface area contributed by atoms with E-state index in [2.05, 4.69) is 10.6 Å². The van der Waals surface area contributed by atoms with Crippen LogP contribution in [0.5, 0.6) is 11.5 Å². The summed E-state index contributed by atoms with van der Waals surface area (Å²) in [6, 6.07) is 9.49. The maximum Gasteiger partial charge on any atom is 0.319 e. The average molecular weight is 329 g/mol. The molecule has 8 nitrogen and oxygen atoms in total. The minimum absolute atomic E-state index is 0.0424. The van der Waals surface area contributed by atoms with Crippen molar-refractivity contribution in [3.8, 4) is 11.5 Å². The molecule has 2 aromatic rings. The van der Waals surface area contributed by atoms with Gasteiger partial charge in [0.15, 0.2) is 11.5 Å². The summed E-state index contributed by atoms with van der Waals surface area (Å²) in [6.07, 6.45) is 0. The number of anilines is 1. The number of nitrogens with one attached hydrogen (secondary N) is 2. The Bertz CT molecular complexity index is 806. The first-order chi connectivity index (χ1) is 11.6. The summed E-state index contributed by atoms with van der Waals surface area (Å²) in [4.78, 5) is 22.5. The van der Waals surface area contributed by atoms with Gasteiger partial charge < -0.3 is 20.1 Å². The predicted molar refractivity (Wildman–Crippen MR) is 86.3 cm³/mol. The Balaban J connectivity index is 1.66. The lowest BCUT2D eigenvalue weighted by molar-refractivity contribution is -0.385. The molecule has 124 valence electrons. The fraction of sp³-hybridized carbons (Fsp3) is 0.188. The van der Waals surface area contributed by atoms with Gasteiger partial charge >= 0.3 is 6.03 Å². The number of hydrogen-bond donors (Lipinski definition) is 2. The van der Waals surface area contributed by atoms with Crippen molar-refractivity contribution in [3.05, 3.63) is 57.6 Å². The number of benzene rings is 2. The topological polar surface area (TPSA) is 103 Å². The molecule has 3 rings (SSSR count). The van der Waals surface area contributed by atoms with Gasteiger partial charge in [-0.15, -0.1) is 0 Å². The lowest BCUT2D eigenvalue weighted by Gasteiger charge is -2.11. The summed E-state index contributed by atoms with van der Waals surface area (Å²) in [5.74, 6) is 1.26. The highest BCUT2D eigenvalue weighted by Gasteiger charge is 2.18. The number of rotatable bonds is 4. The molecule has 0 saturated heterocycles. The molecule has 0 spiro atoms. The second-order valence-corrected chi connectivity index (χ2v) is 5.17. The van der Waals surface area contributed by atoms with E-state index in [-0.39, 0.29) is 19.0 Å². The molecule has 0 aliphatic carbocycles. The largest absolute Gasteiger partial charge is 0.454 e. The Morgan fingerprint density at radius 3 is 2.83 bits per heavy atom.